The first kappa shape index (κ1) is 19.0. The summed E-state index contributed by atoms with van der Waals surface area (Å²) in [5.41, 5.74) is 2.72. The van der Waals surface area contributed by atoms with Crippen LogP contribution >= 0.6 is 11.3 Å². The number of nitrogens with one attached hydrogen (secondary N) is 1. The summed E-state index contributed by atoms with van der Waals surface area (Å²) in [6.45, 7) is 2.84. The van der Waals surface area contributed by atoms with E-state index in [2.05, 4.69) is 34.3 Å². The SMILES string of the molecule is CC[n+]1c(-c2ccccc2)csc1Nc1ccc(O)c(C(=O)O)c1.[Br-]. The predicted octanol–water partition coefficient (Wildman–Crippen LogP) is 0.874. The number of carboxylic acid groups (broad SMARTS) is 1. The van der Waals surface area contributed by atoms with Crippen molar-refractivity contribution < 1.29 is 36.6 Å². The van der Waals surface area contributed by atoms with E-state index in [1.165, 1.54) is 12.1 Å². The van der Waals surface area contributed by atoms with Gasteiger partial charge in [0.2, 0.25) is 0 Å². The highest BCUT2D eigenvalue weighted by atomic mass is 79.9. The number of nitrogens with zero attached hydrogens (tertiary/aromatic N) is 1. The van der Waals surface area contributed by atoms with Gasteiger partial charge >= 0.3 is 11.1 Å². The Labute approximate surface area is 160 Å². The van der Waals surface area contributed by atoms with Gasteiger partial charge in [-0.15, -0.1) is 0 Å². The molecule has 0 spiro atoms. The molecule has 3 rings (SSSR count). The molecule has 25 heavy (non-hydrogen) atoms. The highest BCUT2D eigenvalue weighted by Gasteiger charge is 2.19. The van der Waals surface area contributed by atoms with Crippen molar-refractivity contribution >= 4 is 28.1 Å². The van der Waals surface area contributed by atoms with Crippen molar-refractivity contribution in [2.24, 2.45) is 0 Å². The van der Waals surface area contributed by atoms with Gasteiger partial charge in [-0.05, 0) is 19.1 Å². The number of halogens is 1. The van der Waals surface area contributed by atoms with Gasteiger partial charge in [-0.1, -0.05) is 41.7 Å². The van der Waals surface area contributed by atoms with Gasteiger partial charge in [-0.3, -0.25) is 0 Å². The molecule has 0 aliphatic rings. The highest BCUT2D eigenvalue weighted by Crippen LogP contribution is 2.28. The van der Waals surface area contributed by atoms with Crippen molar-refractivity contribution in [2.45, 2.75) is 13.5 Å². The molecule has 0 unspecified atom stereocenters. The highest BCUT2D eigenvalue weighted by molar-refractivity contribution is 7.13. The van der Waals surface area contributed by atoms with Crippen LogP contribution in [0.5, 0.6) is 5.75 Å². The van der Waals surface area contributed by atoms with Crippen molar-refractivity contribution in [1.82, 2.24) is 0 Å². The van der Waals surface area contributed by atoms with E-state index in [0.717, 1.165) is 22.9 Å². The van der Waals surface area contributed by atoms with Crippen molar-refractivity contribution in [1.29, 1.82) is 0 Å². The molecule has 130 valence electrons. The van der Waals surface area contributed by atoms with E-state index in [9.17, 15) is 9.90 Å². The van der Waals surface area contributed by atoms with E-state index in [1.807, 2.05) is 18.2 Å². The van der Waals surface area contributed by atoms with Crippen molar-refractivity contribution in [3.05, 3.63) is 59.5 Å². The predicted molar refractivity (Wildman–Crippen MR) is 94.0 cm³/mol. The normalized spacial score (nSPS) is 10.1. The van der Waals surface area contributed by atoms with Crippen molar-refractivity contribution in [2.75, 3.05) is 5.32 Å². The molecule has 0 fully saturated rings. The summed E-state index contributed by atoms with van der Waals surface area (Å²) >= 11 is 1.55. The zero-order valence-corrected chi connectivity index (χ0v) is 15.8. The van der Waals surface area contributed by atoms with Crippen LogP contribution in [0.3, 0.4) is 0 Å². The van der Waals surface area contributed by atoms with E-state index in [1.54, 1.807) is 17.4 Å². The minimum atomic E-state index is -1.16. The lowest BCUT2D eigenvalue weighted by molar-refractivity contribution is -0.664. The summed E-state index contributed by atoms with van der Waals surface area (Å²) < 4.78 is 2.13. The van der Waals surface area contributed by atoms with Gasteiger partial charge in [-0.2, -0.15) is 0 Å². The number of anilines is 2. The molecule has 0 aliphatic carbocycles. The molecule has 0 amide bonds. The van der Waals surface area contributed by atoms with Gasteiger partial charge in [0.05, 0.1) is 6.54 Å². The molecule has 3 N–H and O–H groups in total. The average molecular weight is 421 g/mol. The Morgan fingerprint density at radius 3 is 2.56 bits per heavy atom. The first-order chi connectivity index (χ1) is 11.6. The van der Waals surface area contributed by atoms with Crippen LogP contribution in [0, 0.1) is 0 Å². The van der Waals surface area contributed by atoms with Crippen LogP contribution < -0.4 is 26.9 Å². The molecule has 5 nitrogen and oxygen atoms in total. The summed E-state index contributed by atoms with van der Waals surface area (Å²) in [6.07, 6.45) is 0. The number of thiazole rings is 1. The van der Waals surface area contributed by atoms with E-state index in [-0.39, 0.29) is 28.3 Å². The van der Waals surface area contributed by atoms with Crippen LogP contribution in [0.15, 0.2) is 53.9 Å². The molecule has 7 heteroatoms. The Kier molecular flexibility index (Phi) is 6.17. The molecule has 1 heterocycles. The van der Waals surface area contributed by atoms with E-state index in [0.29, 0.717) is 5.69 Å². The average Bonchev–Trinajstić information content (AvgIpc) is 2.99. The second-order valence-corrected chi connectivity index (χ2v) is 6.06. The Hall–Kier alpha value is -2.38. The zero-order valence-electron chi connectivity index (χ0n) is 13.4. The van der Waals surface area contributed by atoms with Gasteiger partial charge in [0.15, 0.2) is 0 Å². The van der Waals surface area contributed by atoms with Gasteiger partial charge in [0, 0.05) is 17.0 Å². The fourth-order valence-electron chi connectivity index (χ4n) is 2.50. The smallest absolute Gasteiger partial charge is 0.339 e. The third kappa shape index (κ3) is 4.00. The van der Waals surface area contributed by atoms with Gasteiger partial charge < -0.3 is 27.2 Å². The molecule has 2 aromatic carbocycles. The largest absolute Gasteiger partial charge is 1.00 e. The van der Waals surface area contributed by atoms with E-state index < -0.39 is 5.97 Å². The summed E-state index contributed by atoms with van der Waals surface area (Å²) in [5, 5.41) is 24.9. The number of carbonyl (C=O) groups is 1. The first-order valence-electron chi connectivity index (χ1n) is 7.50. The number of rotatable bonds is 5. The molecule has 0 saturated heterocycles. The van der Waals surface area contributed by atoms with Crippen molar-refractivity contribution in [3.8, 4) is 17.0 Å². The number of benzene rings is 2. The summed E-state index contributed by atoms with van der Waals surface area (Å²) in [5.74, 6) is -1.40. The van der Waals surface area contributed by atoms with Crippen LogP contribution in [0.2, 0.25) is 0 Å². The number of hydrogen-bond acceptors (Lipinski definition) is 4. The molecule has 1 aromatic heterocycles. The Morgan fingerprint density at radius 2 is 1.92 bits per heavy atom. The zero-order chi connectivity index (χ0) is 17.1. The maximum Gasteiger partial charge on any atom is 0.339 e. The summed E-state index contributed by atoms with van der Waals surface area (Å²) in [6, 6.07) is 14.6. The molecular weight excluding hydrogens is 404 g/mol. The first-order valence-corrected chi connectivity index (χ1v) is 8.38. The fraction of sp³-hybridized carbons (Fsp3) is 0.111. The number of carboxylic acids is 1. The minimum Gasteiger partial charge on any atom is -1.00 e. The fourth-order valence-corrected chi connectivity index (χ4v) is 3.52. The van der Waals surface area contributed by atoms with E-state index in [4.69, 9.17) is 5.11 Å². The second-order valence-electron chi connectivity index (χ2n) is 5.20. The maximum atomic E-state index is 11.1. The molecule has 0 atom stereocenters. The topological polar surface area (TPSA) is 73.4 Å². The number of aromatic nitrogens is 1. The van der Waals surface area contributed by atoms with Crippen LogP contribution in [0.4, 0.5) is 10.8 Å². The van der Waals surface area contributed by atoms with Crippen LogP contribution in [-0.2, 0) is 6.54 Å². The Bertz CT molecular complexity index is 881. The molecule has 0 bridgehead atoms. The van der Waals surface area contributed by atoms with Crippen LogP contribution in [-0.4, -0.2) is 16.2 Å². The number of aromatic carboxylic acids is 1. The quantitative estimate of drug-likeness (QED) is 0.423. The second kappa shape index (κ2) is 8.13. The monoisotopic (exact) mass is 420 g/mol. The Morgan fingerprint density at radius 1 is 1.20 bits per heavy atom. The number of phenols is 1. The third-order valence-corrected chi connectivity index (χ3v) is 4.57. The molecule has 0 saturated carbocycles. The number of hydrogen-bond donors (Lipinski definition) is 3. The summed E-state index contributed by atoms with van der Waals surface area (Å²) in [4.78, 5) is 11.1. The molecule has 3 aromatic rings. The standard InChI is InChI=1S/C18H16N2O3S.BrH/c1-2-20-15(12-6-4-3-5-7-12)11-24-18(20)19-13-8-9-16(21)14(10-13)17(22)23;/h3-11H,2H2,1H3,(H2,21,22,23);1H. The number of aromatic hydroxyl groups is 1. The van der Waals surface area contributed by atoms with Crippen LogP contribution in [0.1, 0.15) is 17.3 Å². The molecule has 0 radical (unpaired) electrons. The van der Waals surface area contributed by atoms with Gasteiger partial charge in [0.25, 0.3) is 0 Å². The van der Waals surface area contributed by atoms with Gasteiger partial charge in [0.1, 0.15) is 22.7 Å². The molecular formula is C18H17BrN2O3S. The van der Waals surface area contributed by atoms with Crippen LogP contribution in [0.25, 0.3) is 11.3 Å². The van der Waals surface area contributed by atoms with Gasteiger partial charge in [-0.25, -0.2) is 14.7 Å². The maximum absolute atomic E-state index is 11.1. The Balaban J connectivity index is 0.00000225. The lowest BCUT2D eigenvalue weighted by Gasteiger charge is -2.05. The minimum absolute atomic E-state index is 0. The van der Waals surface area contributed by atoms with E-state index >= 15 is 0 Å². The van der Waals surface area contributed by atoms with Crippen molar-refractivity contribution in [3.63, 3.8) is 0 Å². The lowest BCUT2D eigenvalue weighted by atomic mass is 10.2. The summed E-state index contributed by atoms with van der Waals surface area (Å²) in [7, 11) is 0. The lowest BCUT2D eigenvalue weighted by Crippen LogP contribution is -3.00. The third-order valence-electron chi connectivity index (χ3n) is 3.68. The molecule has 0 aliphatic heterocycles.